The van der Waals surface area contributed by atoms with Crippen LogP contribution in [0.15, 0.2) is 0 Å². The third kappa shape index (κ3) is 4.14. The van der Waals surface area contributed by atoms with Gasteiger partial charge in [0.05, 0.1) is 0 Å². The van der Waals surface area contributed by atoms with E-state index in [1.54, 1.807) is 0 Å². The lowest BCUT2D eigenvalue weighted by molar-refractivity contribution is 0.217. The van der Waals surface area contributed by atoms with Gasteiger partial charge in [0, 0.05) is 6.04 Å². The van der Waals surface area contributed by atoms with Gasteiger partial charge < -0.3 is 5.32 Å². The summed E-state index contributed by atoms with van der Waals surface area (Å²) < 4.78 is 0. The van der Waals surface area contributed by atoms with Crippen molar-refractivity contribution in [2.75, 3.05) is 6.54 Å². The fourth-order valence-electron chi connectivity index (χ4n) is 2.32. The van der Waals surface area contributed by atoms with E-state index < -0.39 is 0 Å². The monoisotopic (exact) mass is 211 g/mol. The molecule has 0 saturated heterocycles. The minimum atomic E-state index is 0.789. The van der Waals surface area contributed by atoms with Crippen LogP contribution in [-0.2, 0) is 0 Å². The van der Waals surface area contributed by atoms with E-state index in [0.29, 0.717) is 0 Å². The van der Waals surface area contributed by atoms with E-state index in [1.807, 2.05) is 0 Å². The third-order valence-electron chi connectivity index (χ3n) is 4.46. The van der Waals surface area contributed by atoms with Crippen LogP contribution >= 0.6 is 0 Å². The van der Waals surface area contributed by atoms with Gasteiger partial charge in [0.25, 0.3) is 0 Å². The van der Waals surface area contributed by atoms with Gasteiger partial charge in [-0.1, -0.05) is 34.6 Å². The highest BCUT2D eigenvalue weighted by molar-refractivity contribution is 4.80. The Hall–Kier alpha value is -0.0400. The van der Waals surface area contributed by atoms with E-state index in [-0.39, 0.29) is 0 Å². The minimum absolute atomic E-state index is 0.789. The molecule has 90 valence electrons. The van der Waals surface area contributed by atoms with Crippen LogP contribution in [0.4, 0.5) is 0 Å². The van der Waals surface area contributed by atoms with E-state index in [0.717, 1.165) is 29.7 Å². The molecule has 1 N–H and O–H groups in total. The molecule has 15 heavy (non-hydrogen) atoms. The summed E-state index contributed by atoms with van der Waals surface area (Å²) in [6, 6.07) is 0.789. The van der Waals surface area contributed by atoms with Gasteiger partial charge in [-0.2, -0.15) is 0 Å². The lowest BCUT2D eigenvalue weighted by atomic mass is 9.79. The molecule has 0 spiro atoms. The molecule has 1 aliphatic rings. The lowest BCUT2D eigenvalue weighted by Gasteiger charge is -2.33. The van der Waals surface area contributed by atoms with Crippen molar-refractivity contribution in [2.24, 2.45) is 23.7 Å². The van der Waals surface area contributed by atoms with Crippen molar-refractivity contribution in [1.82, 2.24) is 5.32 Å². The molecule has 0 bridgehead atoms. The van der Waals surface area contributed by atoms with E-state index in [2.05, 4.69) is 39.9 Å². The maximum Gasteiger partial charge on any atom is 0.00699 e. The van der Waals surface area contributed by atoms with Crippen LogP contribution < -0.4 is 5.32 Å². The van der Waals surface area contributed by atoms with Gasteiger partial charge in [-0.05, 0) is 49.5 Å². The summed E-state index contributed by atoms with van der Waals surface area (Å²) in [5.41, 5.74) is 0. The molecule has 1 fully saturated rings. The van der Waals surface area contributed by atoms with Crippen LogP contribution in [0.2, 0.25) is 0 Å². The second-order valence-corrected chi connectivity index (χ2v) is 6.09. The number of hydrogen-bond acceptors (Lipinski definition) is 1. The number of rotatable bonds is 4. The molecule has 1 heteroatoms. The molecule has 0 heterocycles. The Bertz CT molecular complexity index is 176. The lowest BCUT2D eigenvalue weighted by Crippen LogP contribution is -2.39. The zero-order valence-corrected chi connectivity index (χ0v) is 11.2. The van der Waals surface area contributed by atoms with Crippen molar-refractivity contribution in [2.45, 2.75) is 59.9 Å². The second kappa shape index (κ2) is 5.89. The molecule has 0 aliphatic heterocycles. The molecular formula is C14H29N. The van der Waals surface area contributed by atoms with Crippen molar-refractivity contribution in [3.8, 4) is 0 Å². The topological polar surface area (TPSA) is 12.0 Å². The van der Waals surface area contributed by atoms with E-state index in [9.17, 15) is 0 Å². The first-order valence-corrected chi connectivity index (χ1v) is 6.74. The zero-order chi connectivity index (χ0) is 11.4. The van der Waals surface area contributed by atoms with Gasteiger partial charge in [-0.3, -0.25) is 0 Å². The van der Waals surface area contributed by atoms with Crippen LogP contribution in [0.25, 0.3) is 0 Å². The summed E-state index contributed by atoms with van der Waals surface area (Å²) in [5, 5.41) is 3.75. The molecule has 1 aliphatic carbocycles. The highest BCUT2D eigenvalue weighted by atomic mass is 14.9. The molecule has 0 amide bonds. The summed E-state index contributed by atoms with van der Waals surface area (Å²) in [6.45, 7) is 13.0. The van der Waals surface area contributed by atoms with Crippen LogP contribution in [0.5, 0.6) is 0 Å². The first kappa shape index (κ1) is 13.0. The fraction of sp³-hybridized carbons (Fsp3) is 1.00. The van der Waals surface area contributed by atoms with Crippen molar-refractivity contribution >= 4 is 0 Å². The van der Waals surface area contributed by atoms with Crippen molar-refractivity contribution in [3.05, 3.63) is 0 Å². The number of nitrogens with one attached hydrogen (secondary N) is 1. The predicted octanol–water partition coefficient (Wildman–Crippen LogP) is 3.69. The standard InChI is InChI=1S/C14H29N/c1-10(2)13(5)9-15-14-7-6-11(3)12(4)8-14/h10-15H,6-9H2,1-5H3. The molecule has 0 aromatic heterocycles. The molecule has 0 radical (unpaired) electrons. The molecular weight excluding hydrogens is 182 g/mol. The van der Waals surface area contributed by atoms with Crippen molar-refractivity contribution in [3.63, 3.8) is 0 Å². The van der Waals surface area contributed by atoms with Crippen LogP contribution in [0.1, 0.15) is 53.9 Å². The summed E-state index contributed by atoms with van der Waals surface area (Å²) >= 11 is 0. The molecule has 4 unspecified atom stereocenters. The average molecular weight is 211 g/mol. The first-order valence-electron chi connectivity index (χ1n) is 6.74. The van der Waals surface area contributed by atoms with Crippen LogP contribution in [0.3, 0.4) is 0 Å². The summed E-state index contributed by atoms with van der Waals surface area (Å²) in [5.74, 6) is 3.45. The Morgan fingerprint density at radius 3 is 2.27 bits per heavy atom. The first-order chi connectivity index (χ1) is 7.00. The van der Waals surface area contributed by atoms with Gasteiger partial charge in [0.2, 0.25) is 0 Å². The summed E-state index contributed by atoms with van der Waals surface area (Å²) in [4.78, 5) is 0. The Kier molecular flexibility index (Phi) is 5.11. The van der Waals surface area contributed by atoms with Gasteiger partial charge in [0.15, 0.2) is 0 Å². The maximum atomic E-state index is 3.75. The summed E-state index contributed by atoms with van der Waals surface area (Å²) in [7, 11) is 0. The van der Waals surface area contributed by atoms with Crippen molar-refractivity contribution < 1.29 is 0 Å². The third-order valence-corrected chi connectivity index (χ3v) is 4.46. The van der Waals surface area contributed by atoms with E-state index in [4.69, 9.17) is 0 Å². The predicted molar refractivity (Wildman–Crippen MR) is 68.0 cm³/mol. The van der Waals surface area contributed by atoms with Crippen LogP contribution in [-0.4, -0.2) is 12.6 Å². The normalized spacial score (nSPS) is 34.4. The highest BCUT2D eigenvalue weighted by Gasteiger charge is 2.24. The molecule has 0 aromatic rings. The zero-order valence-electron chi connectivity index (χ0n) is 11.2. The van der Waals surface area contributed by atoms with Gasteiger partial charge in [0.1, 0.15) is 0 Å². The highest BCUT2D eigenvalue weighted by Crippen LogP contribution is 2.29. The summed E-state index contributed by atoms with van der Waals surface area (Å²) in [6.07, 6.45) is 4.18. The quantitative estimate of drug-likeness (QED) is 0.748. The van der Waals surface area contributed by atoms with Gasteiger partial charge >= 0.3 is 0 Å². The SMILES string of the molecule is CC(C)C(C)CNC1CCC(C)C(C)C1. The Labute approximate surface area is 96.0 Å². The molecule has 1 saturated carbocycles. The number of hydrogen-bond donors (Lipinski definition) is 1. The van der Waals surface area contributed by atoms with E-state index in [1.165, 1.54) is 25.8 Å². The van der Waals surface area contributed by atoms with Gasteiger partial charge in [-0.15, -0.1) is 0 Å². The molecule has 4 atom stereocenters. The minimum Gasteiger partial charge on any atom is -0.314 e. The van der Waals surface area contributed by atoms with Gasteiger partial charge in [-0.25, -0.2) is 0 Å². The molecule has 1 nitrogen and oxygen atoms in total. The Morgan fingerprint density at radius 2 is 1.73 bits per heavy atom. The average Bonchev–Trinajstić information content (AvgIpc) is 2.19. The molecule has 0 aromatic carbocycles. The molecule has 1 rings (SSSR count). The largest absolute Gasteiger partial charge is 0.314 e. The van der Waals surface area contributed by atoms with Crippen molar-refractivity contribution in [1.29, 1.82) is 0 Å². The van der Waals surface area contributed by atoms with Crippen LogP contribution in [0, 0.1) is 23.7 Å². The second-order valence-electron chi connectivity index (χ2n) is 6.09. The smallest absolute Gasteiger partial charge is 0.00699 e. The fourth-order valence-corrected chi connectivity index (χ4v) is 2.32. The Morgan fingerprint density at radius 1 is 1.07 bits per heavy atom. The Balaban J connectivity index is 2.22. The van der Waals surface area contributed by atoms with E-state index >= 15 is 0 Å². The maximum absolute atomic E-state index is 3.75.